The van der Waals surface area contributed by atoms with Gasteiger partial charge >= 0.3 is 5.97 Å². The molecule has 0 spiro atoms. The van der Waals surface area contributed by atoms with Crippen LogP contribution in [0.1, 0.15) is 46.5 Å². The molecule has 2 rings (SSSR count). The van der Waals surface area contributed by atoms with Crippen LogP contribution in [0.5, 0.6) is 0 Å². The van der Waals surface area contributed by atoms with Crippen LogP contribution in [-0.4, -0.2) is 48.2 Å². The first-order chi connectivity index (χ1) is 8.67. The van der Waals surface area contributed by atoms with Crippen LogP contribution in [0.2, 0.25) is 0 Å². The highest BCUT2D eigenvalue weighted by Gasteiger charge is 2.44. The minimum Gasteiger partial charge on any atom is -0.465 e. The summed E-state index contributed by atoms with van der Waals surface area (Å²) in [6.07, 6.45) is 4.81. The predicted molar refractivity (Wildman–Crippen MR) is 71.4 cm³/mol. The van der Waals surface area contributed by atoms with Crippen molar-refractivity contribution in [3.63, 3.8) is 0 Å². The molecule has 2 saturated heterocycles. The molecule has 0 amide bonds. The Labute approximate surface area is 110 Å². The monoisotopic (exact) mass is 254 g/mol. The summed E-state index contributed by atoms with van der Waals surface area (Å²) in [5.41, 5.74) is 0. The first-order valence-corrected chi connectivity index (χ1v) is 7.34. The van der Waals surface area contributed by atoms with E-state index in [2.05, 4.69) is 17.1 Å². The van der Waals surface area contributed by atoms with Gasteiger partial charge in [-0.1, -0.05) is 6.92 Å². The number of fused-ring (bicyclic) bond motifs is 2. The van der Waals surface area contributed by atoms with Crippen LogP contribution in [0.4, 0.5) is 0 Å². The maximum Gasteiger partial charge on any atom is 0.323 e. The molecular formula is C14H26N2O2. The fourth-order valence-corrected chi connectivity index (χ4v) is 3.69. The zero-order chi connectivity index (χ0) is 13.1. The van der Waals surface area contributed by atoms with Crippen LogP contribution in [0.3, 0.4) is 0 Å². The Kier molecular flexibility index (Phi) is 4.62. The largest absolute Gasteiger partial charge is 0.465 e. The lowest BCUT2D eigenvalue weighted by molar-refractivity contribution is -0.151. The van der Waals surface area contributed by atoms with Crippen molar-refractivity contribution in [2.45, 2.75) is 70.6 Å². The van der Waals surface area contributed by atoms with Crippen molar-refractivity contribution >= 4 is 5.97 Å². The summed E-state index contributed by atoms with van der Waals surface area (Å²) in [6.45, 7) is 7.55. The second kappa shape index (κ2) is 6.02. The molecule has 2 aliphatic heterocycles. The molecule has 0 aliphatic carbocycles. The van der Waals surface area contributed by atoms with E-state index in [9.17, 15) is 4.79 Å². The zero-order valence-electron chi connectivity index (χ0n) is 11.8. The van der Waals surface area contributed by atoms with Crippen LogP contribution in [0.15, 0.2) is 0 Å². The standard InChI is InChI=1S/C14H26N2O2/c1-4-15-11-8-12-6-7-13(9-11)16(12)10(3)14(17)18-5-2/h10-13,15H,4-9H2,1-3H3. The second-order valence-electron chi connectivity index (χ2n) is 5.49. The number of ether oxygens (including phenoxy) is 1. The molecule has 0 aromatic carbocycles. The van der Waals surface area contributed by atoms with Crippen LogP contribution in [0.25, 0.3) is 0 Å². The Morgan fingerprint density at radius 3 is 2.44 bits per heavy atom. The molecule has 0 radical (unpaired) electrons. The highest BCUT2D eigenvalue weighted by molar-refractivity contribution is 5.75. The van der Waals surface area contributed by atoms with Gasteiger partial charge in [-0.05, 0) is 46.1 Å². The molecule has 3 atom stereocenters. The van der Waals surface area contributed by atoms with E-state index in [4.69, 9.17) is 4.74 Å². The van der Waals surface area contributed by atoms with E-state index in [0.717, 1.165) is 6.54 Å². The number of hydrogen-bond acceptors (Lipinski definition) is 4. The quantitative estimate of drug-likeness (QED) is 0.756. The van der Waals surface area contributed by atoms with Gasteiger partial charge in [0, 0.05) is 18.1 Å². The maximum absolute atomic E-state index is 11.9. The predicted octanol–water partition coefficient (Wildman–Crippen LogP) is 1.54. The number of nitrogens with zero attached hydrogens (tertiary/aromatic N) is 1. The maximum atomic E-state index is 11.9. The highest BCUT2D eigenvalue weighted by atomic mass is 16.5. The molecule has 4 nitrogen and oxygen atoms in total. The lowest BCUT2D eigenvalue weighted by Gasteiger charge is -2.41. The van der Waals surface area contributed by atoms with E-state index in [1.54, 1.807) is 0 Å². The van der Waals surface area contributed by atoms with Gasteiger partial charge in [-0.15, -0.1) is 0 Å². The Bertz CT molecular complexity index is 282. The van der Waals surface area contributed by atoms with E-state index in [0.29, 0.717) is 24.7 Å². The normalized spacial score (nSPS) is 33.4. The first kappa shape index (κ1) is 13.8. The van der Waals surface area contributed by atoms with Crippen molar-refractivity contribution in [3.8, 4) is 0 Å². The number of carbonyl (C=O) groups is 1. The number of nitrogens with one attached hydrogen (secondary N) is 1. The topological polar surface area (TPSA) is 41.6 Å². The summed E-state index contributed by atoms with van der Waals surface area (Å²) in [7, 11) is 0. The van der Waals surface area contributed by atoms with Crippen molar-refractivity contribution < 1.29 is 9.53 Å². The van der Waals surface area contributed by atoms with Gasteiger partial charge in [0.1, 0.15) is 6.04 Å². The first-order valence-electron chi connectivity index (χ1n) is 7.34. The molecule has 2 aliphatic rings. The molecule has 4 heteroatoms. The van der Waals surface area contributed by atoms with E-state index in [1.165, 1.54) is 25.7 Å². The van der Waals surface area contributed by atoms with E-state index >= 15 is 0 Å². The number of hydrogen-bond donors (Lipinski definition) is 1. The molecule has 0 saturated carbocycles. The summed E-state index contributed by atoms with van der Waals surface area (Å²) in [5.74, 6) is -0.0590. The minimum atomic E-state index is -0.0787. The van der Waals surface area contributed by atoms with Crippen LogP contribution >= 0.6 is 0 Å². The van der Waals surface area contributed by atoms with Gasteiger partial charge in [0.2, 0.25) is 0 Å². The van der Waals surface area contributed by atoms with Gasteiger partial charge in [0.15, 0.2) is 0 Å². The van der Waals surface area contributed by atoms with Crippen molar-refractivity contribution in [3.05, 3.63) is 0 Å². The van der Waals surface area contributed by atoms with Gasteiger partial charge in [0.05, 0.1) is 6.61 Å². The number of piperidine rings is 1. The summed E-state index contributed by atoms with van der Waals surface area (Å²) in [6, 6.07) is 1.68. The van der Waals surface area contributed by atoms with Gasteiger partial charge < -0.3 is 10.1 Å². The third kappa shape index (κ3) is 2.69. The Morgan fingerprint density at radius 2 is 1.94 bits per heavy atom. The second-order valence-corrected chi connectivity index (χ2v) is 5.49. The van der Waals surface area contributed by atoms with Crippen LogP contribution < -0.4 is 5.32 Å². The fraction of sp³-hybridized carbons (Fsp3) is 0.929. The summed E-state index contributed by atoms with van der Waals surface area (Å²) in [5, 5.41) is 3.56. The molecule has 2 heterocycles. The summed E-state index contributed by atoms with van der Waals surface area (Å²) in [4.78, 5) is 14.3. The summed E-state index contributed by atoms with van der Waals surface area (Å²) >= 11 is 0. The molecule has 2 fully saturated rings. The number of carbonyl (C=O) groups excluding carboxylic acids is 1. The van der Waals surface area contributed by atoms with Crippen molar-refractivity contribution in [2.24, 2.45) is 0 Å². The Balaban J connectivity index is 1.97. The van der Waals surface area contributed by atoms with E-state index in [1.807, 2.05) is 13.8 Å². The minimum absolute atomic E-state index is 0.0590. The van der Waals surface area contributed by atoms with Gasteiger partial charge in [-0.2, -0.15) is 0 Å². The molecule has 2 bridgehead atoms. The van der Waals surface area contributed by atoms with Gasteiger partial charge in [-0.25, -0.2) is 0 Å². The van der Waals surface area contributed by atoms with Crippen LogP contribution in [-0.2, 0) is 9.53 Å². The fourth-order valence-electron chi connectivity index (χ4n) is 3.69. The van der Waals surface area contributed by atoms with Gasteiger partial charge in [-0.3, -0.25) is 9.69 Å². The molecule has 0 aromatic rings. The average molecular weight is 254 g/mol. The Hall–Kier alpha value is -0.610. The van der Waals surface area contributed by atoms with Crippen LogP contribution in [0, 0.1) is 0 Å². The SMILES string of the molecule is CCNC1CC2CCC(C1)N2C(C)C(=O)OCC. The van der Waals surface area contributed by atoms with E-state index < -0.39 is 0 Å². The molecule has 18 heavy (non-hydrogen) atoms. The lowest BCUT2D eigenvalue weighted by Crippen LogP contribution is -2.54. The molecule has 3 unspecified atom stereocenters. The van der Waals surface area contributed by atoms with Gasteiger partial charge in [0.25, 0.3) is 0 Å². The van der Waals surface area contributed by atoms with Crippen molar-refractivity contribution in [2.75, 3.05) is 13.2 Å². The summed E-state index contributed by atoms with van der Waals surface area (Å²) < 4.78 is 5.16. The highest BCUT2D eigenvalue weighted by Crippen LogP contribution is 2.37. The number of rotatable bonds is 5. The molecule has 104 valence electrons. The molecule has 1 N–H and O–H groups in total. The Morgan fingerprint density at radius 1 is 1.33 bits per heavy atom. The molecule has 0 aromatic heterocycles. The average Bonchev–Trinajstić information content (AvgIpc) is 2.61. The third-order valence-corrected chi connectivity index (χ3v) is 4.36. The smallest absolute Gasteiger partial charge is 0.323 e. The van der Waals surface area contributed by atoms with E-state index in [-0.39, 0.29) is 12.0 Å². The lowest BCUT2D eigenvalue weighted by atomic mass is 9.95. The zero-order valence-corrected chi connectivity index (χ0v) is 11.8. The molecular weight excluding hydrogens is 228 g/mol. The van der Waals surface area contributed by atoms with Crippen molar-refractivity contribution in [1.82, 2.24) is 10.2 Å². The third-order valence-electron chi connectivity index (χ3n) is 4.36. The number of esters is 1. The van der Waals surface area contributed by atoms with Crippen molar-refractivity contribution in [1.29, 1.82) is 0 Å².